The maximum Gasteiger partial charge on any atom is 0.269 e. The van der Waals surface area contributed by atoms with Crippen LogP contribution >= 0.6 is 23.1 Å². The summed E-state index contributed by atoms with van der Waals surface area (Å²) in [7, 11) is 0. The highest BCUT2D eigenvalue weighted by Gasteiger charge is 2.26. The number of thioether (sulfide) groups is 1. The van der Waals surface area contributed by atoms with Crippen molar-refractivity contribution in [1.82, 2.24) is 43.7 Å². The second-order valence-electron chi connectivity index (χ2n) is 16.7. The number of anilines is 1. The van der Waals surface area contributed by atoms with Crippen LogP contribution in [-0.2, 0) is 37.3 Å². The van der Waals surface area contributed by atoms with Gasteiger partial charge in [0.25, 0.3) is 5.91 Å². The standard InChI is InChI=1S/C47H58N12O6S2/c1-8-32-42(67-29(6)50-32)45(63)53-47-52-33-22-30(43(48)61)24-37(65-20-12-13-55-16-18-56(19-17-55)46(64)27(3)4)40(33)58(47)15-11-10-14-57-39(26-36(60)35-21-28(5)54-59(35)9-2)51-34-23-31(44(49)62)25-38(66-7)41(34)57/h10-11,21-25,27H,8-9,12-20,26H2,1-7H3,(H2,48,61)(H2,49,62)(H,52,53,63)/b11-10+. The van der Waals surface area contributed by atoms with Crippen LogP contribution in [0.1, 0.15) is 97.2 Å². The molecule has 0 spiro atoms. The van der Waals surface area contributed by atoms with Crippen LogP contribution in [0.15, 0.2) is 47.4 Å². The average molecular weight is 951 g/mol. The number of allylic oxidation sites excluding steroid dienone is 2. The molecule has 18 nitrogen and oxygen atoms in total. The number of nitrogens with two attached hydrogens (primary N) is 2. The zero-order valence-corrected chi connectivity index (χ0v) is 40.7. The van der Waals surface area contributed by atoms with E-state index in [-0.39, 0.29) is 54.5 Å². The van der Waals surface area contributed by atoms with Crippen molar-refractivity contribution < 1.29 is 28.7 Å². The van der Waals surface area contributed by atoms with Crippen molar-refractivity contribution >= 4 is 80.5 Å². The second kappa shape index (κ2) is 21.1. The average Bonchev–Trinajstić information content (AvgIpc) is 4.07. The number of hydrogen-bond donors (Lipinski definition) is 3. The van der Waals surface area contributed by atoms with Gasteiger partial charge in [0.1, 0.15) is 27.7 Å². The molecule has 6 aromatic rings. The van der Waals surface area contributed by atoms with Gasteiger partial charge >= 0.3 is 0 Å². The molecule has 67 heavy (non-hydrogen) atoms. The van der Waals surface area contributed by atoms with E-state index in [0.717, 1.165) is 40.7 Å². The summed E-state index contributed by atoms with van der Waals surface area (Å²) in [6, 6.07) is 8.34. The van der Waals surface area contributed by atoms with Crippen molar-refractivity contribution in [3.63, 3.8) is 0 Å². The lowest BCUT2D eigenvalue weighted by molar-refractivity contribution is -0.136. The van der Waals surface area contributed by atoms with E-state index in [4.69, 9.17) is 26.2 Å². The predicted molar refractivity (Wildman–Crippen MR) is 260 cm³/mol. The van der Waals surface area contributed by atoms with E-state index in [2.05, 4.69) is 20.3 Å². The summed E-state index contributed by atoms with van der Waals surface area (Å²) in [5.74, 6) is -0.533. The first-order chi connectivity index (χ1) is 32.1. The number of primary amides is 2. The molecule has 2 aromatic carbocycles. The summed E-state index contributed by atoms with van der Waals surface area (Å²) in [4.78, 5) is 85.1. The molecule has 0 saturated carbocycles. The Balaban J connectivity index is 1.21. The maximum atomic E-state index is 13.9. The first-order valence-electron chi connectivity index (χ1n) is 22.5. The Morgan fingerprint density at radius 1 is 0.881 bits per heavy atom. The third-order valence-electron chi connectivity index (χ3n) is 11.7. The molecule has 0 atom stereocenters. The molecule has 20 heteroatoms. The Morgan fingerprint density at radius 3 is 2.19 bits per heavy atom. The molecule has 354 valence electrons. The number of aromatic nitrogens is 7. The maximum absolute atomic E-state index is 13.9. The van der Waals surface area contributed by atoms with Gasteiger partial charge in [-0.3, -0.25) is 38.9 Å². The van der Waals surface area contributed by atoms with Gasteiger partial charge in [-0.15, -0.1) is 23.1 Å². The van der Waals surface area contributed by atoms with E-state index in [1.165, 1.54) is 23.1 Å². The van der Waals surface area contributed by atoms with Crippen molar-refractivity contribution in [2.24, 2.45) is 17.4 Å². The predicted octanol–water partition coefficient (Wildman–Crippen LogP) is 5.66. The van der Waals surface area contributed by atoms with E-state index in [0.29, 0.717) is 89.0 Å². The van der Waals surface area contributed by atoms with Crippen molar-refractivity contribution in [1.29, 1.82) is 0 Å². The SMILES string of the molecule is CCc1nc(C)sc1C(=O)Nc1nc2cc(C(N)=O)cc(OCCCN3CCN(C(=O)C(C)C)CC3)c2n1C/C=C/Cn1c(CC(=O)c2cc(C)nn2CC)nc2cc(C(N)=O)cc(SC)c21. The first kappa shape index (κ1) is 48.6. The topological polar surface area (TPSA) is 231 Å². The largest absolute Gasteiger partial charge is 0.491 e. The summed E-state index contributed by atoms with van der Waals surface area (Å²) in [6.45, 7) is 16.4. The molecule has 5 heterocycles. The van der Waals surface area contributed by atoms with Gasteiger partial charge in [-0.05, 0) is 70.2 Å². The van der Waals surface area contributed by atoms with Crippen LogP contribution in [0.5, 0.6) is 5.75 Å². The lowest BCUT2D eigenvalue weighted by Gasteiger charge is -2.35. The Hall–Kier alpha value is -6.38. The highest BCUT2D eigenvalue weighted by Crippen LogP contribution is 2.33. The lowest BCUT2D eigenvalue weighted by atomic mass is 10.1. The number of hydrogen-bond acceptors (Lipinski definition) is 13. The summed E-state index contributed by atoms with van der Waals surface area (Å²) >= 11 is 2.74. The molecule has 0 aliphatic carbocycles. The molecule has 1 fully saturated rings. The van der Waals surface area contributed by atoms with Gasteiger partial charge in [0.2, 0.25) is 23.7 Å². The number of ketones is 1. The van der Waals surface area contributed by atoms with Crippen LogP contribution < -0.4 is 21.5 Å². The van der Waals surface area contributed by atoms with E-state index < -0.39 is 11.8 Å². The van der Waals surface area contributed by atoms with Crippen molar-refractivity contribution in [2.45, 2.75) is 85.3 Å². The zero-order valence-electron chi connectivity index (χ0n) is 39.0. The molecule has 4 amide bonds. The molecule has 4 aromatic heterocycles. The minimum absolute atomic E-state index is 0.0244. The fourth-order valence-corrected chi connectivity index (χ4v) is 9.90. The fraction of sp³-hybridized carbons (Fsp3) is 0.426. The number of aryl methyl sites for hydroxylation is 4. The Labute approximate surface area is 397 Å². The quantitative estimate of drug-likeness (QED) is 0.0364. The number of nitrogens with one attached hydrogen (secondary N) is 1. The third kappa shape index (κ3) is 10.8. The summed E-state index contributed by atoms with van der Waals surface area (Å²) in [5.41, 5.74) is 16.2. The van der Waals surface area contributed by atoms with Crippen LogP contribution in [0.25, 0.3) is 22.1 Å². The zero-order chi connectivity index (χ0) is 48.1. The summed E-state index contributed by atoms with van der Waals surface area (Å²) in [6.07, 6.45) is 6.98. The second-order valence-corrected chi connectivity index (χ2v) is 18.8. The van der Waals surface area contributed by atoms with Gasteiger partial charge in [0.15, 0.2) is 5.78 Å². The molecular weight excluding hydrogens is 893 g/mol. The molecule has 1 aliphatic rings. The molecular formula is C47H58N12O6S2. The Morgan fingerprint density at radius 2 is 1.55 bits per heavy atom. The monoisotopic (exact) mass is 950 g/mol. The number of nitrogens with zero attached hydrogens (tertiary/aromatic N) is 9. The fourth-order valence-electron chi connectivity index (χ4n) is 8.34. The number of ether oxygens (including phenoxy) is 1. The minimum atomic E-state index is -0.656. The highest BCUT2D eigenvalue weighted by atomic mass is 32.2. The number of benzene rings is 2. The Kier molecular flexibility index (Phi) is 15.3. The van der Waals surface area contributed by atoms with Crippen LogP contribution in [-0.4, -0.2) is 119 Å². The van der Waals surface area contributed by atoms with Gasteiger partial charge in [0.05, 0.1) is 46.0 Å². The van der Waals surface area contributed by atoms with Crippen LogP contribution in [0, 0.1) is 19.8 Å². The number of carbonyl (C=O) groups excluding carboxylic acids is 5. The lowest BCUT2D eigenvalue weighted by Crippen LogP contribution is -2.50. The van der Waals surface area contributed by atoms with Crippen LogP contribution in [0.2, 0.25) is 0 Å². The summed E-state index contributed by atoms with van der Waals surface area (Å²) in [5, 5.41) is 8.25. The van der Waals surface area contributed by atoms with E-state index in [9.17, 15) is 24.0 Å². The smallest absolute Gasteiger partial charge is 0.269 e. The van der Waals surface area contributed by atoms with Crippen LogP contribution in [0.3, 0.4) is 0 Å². The van der Waals surface area contributed by atoms with E-state index >= 15 is 0 Å². The van der Waals surface area contributed by atoms with Gasteiger partial charge in [0, 0.05) is 74.3 Å². The summed E-state index contributed by atoms with van der Waals surface area (Å²) < 4.78 is 11.9. The van der Waals surface area contributed by atoms with Gasteiger partial charge in [-0.2, -0.15) is 5.10 Å². The van der Waals surface area contributed by atoms with Gasteiger partial charge < -0.3 is 30.2 Å². The van der Waals surface area contributed by atoms with Crippen LogP contribution in [0.4, 0.5) is 5.95 Å². The van der Waals surface area contributed by atoms with Gasteiger partial charge in [-0.25, -0.2) is 15.0 Å². The third-order valence-corrected chi connectivity index (χ3v) is 13.4. The van der Waals surface area contributed by atoms with Gasteiger partial charge in [-0.1, -0.05) is 32.9 Å². The van der Waals surface area contributed by atoms with E-state index in [1.807, 2.05) is 74.0 Å². The molecule has 1 saturated heterocycles. The number of thiazole rings is 1. The number of imidazole rings is 2. The van der Waals surface area contributed by atoms with Crippen molar-refractivity contribution in [3.8, 4) is 5.75 Å². The molecule has 7 rings (SSSR count). The minimum Gasteiger partial charge on any atom is -0.491 e. The van der Waals surface area contributed by atoms with Crippen molar-refractivity contribution in [3.05, 3.63) is 86.4 Å². The molecule has 0 unspecified atom stereocenters. The number of carbonyl (C=O) groups is 5. The molecule has 0 bridgehead atoms. The molecule has 5 N–H and O–H groups in total. The Bertz CT molecular complexity index is 2880. The number of amides is 4. The number of Topliss-reactive ketones (excluding diaryl/α,β-unsaturated/α-hetero) is 1. The first-order valence-corrected chi connectivity index (χ1v) is 24.5. The molecule has 0 radical (unpaired) electrons. The van der Waals surface area contributed by atoms with Crippen molar-refractivity contribution in [2.75, 3.05) is 50.9 Å². The van der Waals surface area contributed by atoms with E-state index in [1.54, 1.807) is 35.0 Å². The number of piperazine rings is 1. The number of rotatable bonds is 20. The highest BCUT2D eigenvalue weighted by molar-refractivity contribution is 7.98. The number of fused-ring (bicyclic) bond motifs is 2. The normalized spacial score (nSPS) is 13.4. The molecule has 1 aliphatic heterocycles.